The molecule has 3 heterocycles. The average molecular weight is 291 g/mol. The van der Waals surface area contributed by atoms with Crippen molar-refractivity contribution in [3.63, 3.8) is 0 Å². The Kier molecular flexibility index (Phi) is 3.15. The number of anilines is 2. The highest BCUT2D eigenvalue weighted by Gasteiger charge is 2.48. The van der Waals surface area contributed by atoms with Crippen LogP contribution >= 0.6 is 0 Å². The molecule has 1 spiro atoms. The summed E-state index contributed by atoms with van der Waals surface area (Å²) in [6.45, 7) is 6.22. The monoisotopic (exact) mass is 291 g/mol. The third-order valence-electron chi connectivity index (χ3n) is 4.12. The molecule has 1 aromatic heterocycles. The topological polar surface area (TPSA) is 84.6 Å². The number of nitrogens with two attached hydrogens (primary N) is 1. The minimum absolute atomic E-state index is 0.248. The van der Waals surface area contributed by atoms with Crippen LogP contribution in [0.5, 0.6) is 0 Å². The molecule has 2 aliphatic rings. The zero-order valence-electron chi connectivity index (χ0n) is 12.7. The van der Waals surface area contributed by atoms with Gasteiger partial charge in [0.05, 0.1) is 18.8 Å². The highest BCUT2D eigenvalue weighted by Crippen LogP contribution is 2.34. The molecular formula is C14H21N5O2. The molecule has 21 heavy (non-hydrogen) atoms. The molecule has 7 heteroatoms. The predicted octanol–water partition coefficient (Wildman–Crippen LogP) is 1.21. The molecule has 0 radical (unpaired) electrons. The van der Waals surface area contributed by atoms with Crippen molar-refractivity contribution in [3.05, 3.63) is 11.8 Å². The summed E-state index contributed by atoms with van der Waals surface area (Å²) >= 11 is 0. The normalized spacial score (nSPS) is 25.2. The molecule has 0 aliphatic carbocycles. The highest BCUT2D eigenvalue weighted by atomic mass is 16.6. The lowest BCUT2D eigenvalue weighted by Gasteiger charge is -2.23. The second-order valence-corrected chi connectivity index (χ2v) is 6.24. The molecule has 2 saturated heterocycles. The van der Waals surface area contributed by atoms with E-state index in [0.29, 0.717) is 19.0 Å². The Morgan fingerprint density at radius 3 is 2.76 bits per heavy atom. The molecule has 114 valence electrons. The van der Waals surface area contributed by atoms with Crippen LogP contribution in [-0.2, 0) is 4.74 Å². The molecule has 1 amide bonds. The van der Waals surface area contributed by atoms with Gasteiger partial charge < -0.3 is 20.3 Å². The fourth-order valence-electron chi connectivity index (χ4n) is 2.97. The van der Waals surface area contributed by atoms with E-state index in [1.54, 1.807) is 11.9 Å². The summed E-state index contributed by atoms with van der Waals surface area (Å²) < 4.78 is 5.55. The zero-order chi connectivity index (χ0) is 15.2. The van der Waals surface area contributed by atoms with Crippen LogP contribution in [0.1, 0.15) is 31.9 Å². The first-order valence-electron chi connectivity index (χ1n) is 7.22. The van der Waals surface area contributed by atoms with E-state index in [2.05, 4.69) is 28.7 Å². The van der Waals surface area contributed by atoms with Gasteiger partial charge in [0.25, 0.3) is 0 Å². The first-order valence-corrected chi connectivity index (χ1v) is 7.22. The van der Waals surface area contributed by atoms with Gasteiger partial charge in [-0.25, -0.2) is 9.78 Å². The van der Waals surface area contributed by atoms with Crippen LogP contribution in [0.4, 0.5) is 16.6 Å². The van der Waals surface area contributed by atoms with Crippen molar-refractivity contribution in [2.75, 3.05) is 37.3 Å². The van der Waals surface area contributed by atoms with E-state index in [-0.39, 0.29) is 12.0 Å². The van der Waals surface area contributed by atoms with Gasteiger partial charge in [0.1, 0.15) is 5.82 Å². The van der Waals surface area contributed by atoms with Crippen molar-refractivity contribution in [2.45, 2.75) is 31.8 Å². The van der Waals surface area contributed by atoms with Gasteiger partial charge in [-0.1, -0.05) is 13.8 Å². The van der Waals surface area contributed by atoms with E-state index in [0.717, 1.165) is 24.5 Å². The molecule has 0 aromatic carbocycles. The number of ether oxygens (including phenoxy) is 1. The summed E-state index contributed by atoms with van der Waals surface area (Å²) in [5.74, 6) is 1.40. The van der Waals surface area contributed by atoms with Crippen LogP contribution in [0.2, 0.25) is 0 Å². The quantitative estimate of drug-likeness (QED) is 0.881. The smallest absolute Gasteiger partial charge is 0.410 e. The van der Waals surface area contributed by atoms with E-state index in [4.69, 9.17) is 10.5 Å². The van der Waals surface area contributed by atoms with Gasteiger partial charge in [-0.3, -0.25) is 0 Å². The zero-order valence-corrected chi connectivity index (χ0v) is 12.7. The number of hydrogen-bond acceptors (Lipinski definition) is 6. The standard InChI is InChI=1S/C14H21N5O2/c1-9(2)10-6-11(17-12(15)16-10)19-5-4-14(8-19)7-18(3)13(20)21-14/h6,9H,4-5,7-8H2,1-3H3,(H2,15,16,17)/t14-/m1/s1. The summed E-state index contributed by atoms with van der Waals surface area (Å²) in [5.41, 5.74) is 6.33. The number of carbonyl (C=O) groups excluding carboxylic acids is 1. The SMILES string of the molecule is CC(C)c1cc(N2CC[C@@]3(CN(C)C(=O)O3)C2)nc(N)n1. The van der Waals surface area contributed by atoms with Gasteiger partial charge in [-0.05, 0) is 5.92 Å². The molecule has 1 atom stereocenters. The summed E-state index contributed by atoms with van der Waals surface area (Å²) in [4.78, 5) is 24.0. The predicted molar refractivity (Wildman–Crippen MR) is 79.2 cm³/mol. The third-order valence-corrected chi connectivity index (χ3v) is 4.12. The molecule has 1 aromatic rings. The molecular weight excluding hydrogens is 270 g/mol. The number of hydrogen-bond donors (Lipinski definition) is 1. The summed E-state index contributed by atoms with van der Waals surface area (Å²) in [5, 5.41) is 0. The van der Waals surface area contributed by atoms with E-state index in [1.165, 1.54) is 0 Å². The first kappa shape index (κ1) is 13.9. The summed E-state index contributed by atoms with van der Waals surface area (Å²) in [7, 11) is 1.76. The molecule has 3 rings (SSSR count). The maximum Gasteiger partial charge on any atom is 0.410 e. The lowest BCUT2D eigenvalue weighted by molar-refractivity contribution is 0.0741. The number of nitrogens with zero attached hydrogens (tertiary/aromatic N) is 4. The summed E-state index contributed by atoms with van der Waals surface area (Å²) in [6, 6.07) is 1.97. The molecule has 2 aliphatic heterocycles. The molecule has 2 fully saturated rings. The van der Waals surface area contributed by atoms with E-state index < -0.39 is 5.60 Å². The van der Waals surface area contributed by atoms with Crippen molar-refractivity contribution in [2.24, 2.45) is 0 Å². The largest absolute Gasteiger partial charge is 0.439 e. The average Bonchev–Trinajstić information content (AvgIpc) is 2.93. The molecule has 0 unspecified atom stereocenters. The van der Waals surface area contributed by atoms with E-state index in [9.17, 15) is 4.79 Å². The molecule has 0 saturated carbocycles. The Labute approximate surface area is 124 Å². The van der Waals surface area contributed by atoms with Crippen LogP contribution < -0.4 is 10.6 Å². The Balaban J connectivity index is 1.82. The van der Waals surface area contributed by atoms with Crippen molar-refractivity contribution in [1.82, 2.24) is 14.9 Å². The van der Waals surface area contributed by atoms with E-state index in [1.807, 2.05) is 6.07 Å². The van der Waals surface area contributed by atoms with Crippen LogP contribution in [0, 0.1) is 0 Å². The highest BCUT2D eigenvalue weighted by molar-refractivity contribution is 5.70. The number of amides is 1. The van der Waals surface area contributed by atoms with Crippen LogP contribution in [0.25, 0.3) is 0 Å². The van der Waals surface area contributed by atoms with Crippen molar-refractivity contribution >= 4 is 17.9 Å². The maximum atomic E-state index is 11.6. The van der Waals surface area contributed by atoms with Gasteiger partial charge in [-0.15, -0.1) is 0 Å². The third kappa shape index (κ3) is 2.48. The van der Waals surface area contributed by atoms with Crippen molar-refractivity contribution in [1.29, 1.82) is 0 Å². The number of nitrogen functional groups attached to an aromatic ring is 1. The number of carbonyl (C=O) groups is 1. The molecule has 0 bridgehead atoms. The number of likely N-dealkylation sites (N-methyl/N-ethyl adjacent to an activating group) is 1. The second-order valence-electron chi connectivity index (χ2n) is 6.24. The van der Waals surface area contributed by atoms with Crippen LogP contribution in [0.15, 0.2) is 6.07 Å². The fourth-order valence-corrected chi connectivity index (χ4v) is 2.97. The maximum absolute atomic E-state index is 11.6. The van der Waals surface area contributed by atoms with Gasteiger partial charge >= 0.3 is 6.09 Å². The first-order chi connectivity index (χ1) is 9.88. The van der Waals surface area contributed by atoms with Crippen LogP contribution in [0.3, 0.4) is 0 Å². The lowest BCUT2D eigenvalue weighted by Crippen LogP contribution is -2.37. The fraction of sp³-hybridized carbons (Fsp3) is 0.643. The Bertz CT molecular complexity index is 576. The van der Waals surface area contributed by atoms with E-state index >= 15 is 0 Å². The van der Waals surface area contributed by atoms with Gasteiger partial charge in [0, 0.05) is 26.1 Å². The minimum Gasteiger partial charge on any atom is -0.439 e. The molecule has 7 nitrogen and oxygen atoms in total. The number of rotatable bonds is 2. The Morgan fingerprint density at radius 1 is 1.38 bits per heavy atom. The van der Waals surface area contributed by atoms with Gasteiger partial charge in [-0.2, -0.15) is 4.98 Å². The summed E-state index contributed by atoms with van der Waals surface area (Å²) in [6.07, 6.45) is 0.561. The second kappa shape index (κ2) is 4.75. The van der Waals surface area contributed by atoms with Gasteiger partial charge in [0.15, 0.2) is 5.60 Å². The number of aromatic nitrogens is 2. The lowest BCUT2D eigenvalue weighted by atomic mass is 10.0. The Morgan fingerprint density at radius 2 is 2.14 bits per heavy atom. The minimum atomic E-state index is -0.413. The van der Waals surface area contributed by atoms with Crippen molar-refractivity contribution in [3.8, 4) is 0 Å². The van der Waals surface area contributed by atoms with Crippen LogP contribution in [-0.4, -0.2) is 53.2 Å². The molecule has 2 N–H and O–H groups in total. The van der Waals surface area contributed by atoms with Gasteiger partial charge in [0.2, 0.25) is 5.95 Å². The van der Waals surface area contributed by atoms with Crippen molar-refractivity contribution < 1.29 is 9.53 Å². The Hall–Kier alpha value is -2.05.